The van der Waals surface area contributed by atoms with Gasteiger partial charge in [0.2, 0.25) is 0 Å². The minimum atomic E-state index is -1.05. The van der Waals surface area contributed by atoms with E-state index in [1.165, 1.54) is 11.0 Å². The number of hydrogen-bond acceptors (Lipinski definition) is 2. The molecular formula is C15H17Cl2NO3. The Labute approximate surface area is 133 Å². The monoisotopic (exact) mass is 329 g/mol. The van der Waals surface area contributed by atoms with Crippen LogP contribution in [0.1, 0.15) is 43.0 Å². The van der Waals surface area contributed by atoms with Gasteiger partial charge >= 0.3 is 6.09 Å². The zero-order chi connectivity index (χ0) is 15.6. The molecule has 6 heteroatoms. The first kappa shape index (κ1) is 16.1. The molecule has 1 fully saturated rings. The SMILES string of the molecule is CCCC1(C(=O)c2ccc(Cl)c(Cl)c2)CCCN1C(=O)O. The quantitative estimate of drug-likeness (QED) is 0.828. The number of ketones is 1. The van der Waals surface area contributed by atoms with E-state index in [2.05, 4.69) is 0 Å². The van der Waals surface area contributed by atoms with E-state index in [1.807, 2.05) is 6.92 Å². The lowest BCUT2D eigenvalue weighted by molar-refractivity contribution is 0.0616. The number of benzene rings is 1. The third-order valence-corrected chi connectivity index (χ3v) is 4.73. The van der Waals surface area contributed by atoms with E-state index in [9.17, 15) is 14.7 Å². The second kappa shape index (κ2) is 6.24. The molecule has 1 N–H and O–H groups in total. The number of carbonyl (C=O) groups excluding carboxylic acids is 1. The molecule has 1 atom stereocenters. The summed E-state index contributed by atoms with van der Waals surface area (Å²) in [5.74, 6) is -0.192. The molecule has 0 bridgehead atoms. The van der Waals surface area contributed by atoms with Crippen molar-refractivity contribution in [2.24, 2.45) is 0 Å². The van der Waals surface area contributed by atoms with Gasteiger partial charge in [0, 0.05) is 12.1 Å². The van der Waals surface area contributed by atoms with Crippen LogP contribution in [-0.2, 0) is 0 Å². The molecular weight excluding hydrogens is 313 g/mol. The molecule has 1 amide bonds. The van der Waals surface area contributed by atoms with Gasteiger partial charge in [0.25, 0.3) is 0 Å². The van der Waals surface area contributed by atoms with Crippen molar-refractivity contribution in [1.82, 2.24) is 4.90 Å². The Hall–Kier alpha value is -1.26. The third-order valence-electron chi connectivity index (χ3n) is 3.99. The lowest BCUT2D eigenvalue weighted by atomic mass is 9.83. The minimum absolute atomic E-state index is 0.192. The Bertz CT molecular complexity index is 576. The summed E-state index contributed by atoms with van der Waals surface area (Å²) in [6.45, 7) is 2.34. The van der Waals surface area contributed by atoms with Gasteiger partial charge in [-0.15, -0.1) is 0 Å². The molecule has 0 spiro atoms. The van der Waals surface area contributed by atoms with Gasteiger partial charge in [-0.1, -0.05) is 36.5 Å². The van der Waals surface area contributed by atoms with Crippen molar-refractivity contribution in [3.63, 3.8) is 0 Å². The van der Waals surface area contributed by atoms with Crippen LogP contribution in [-0.4, -0.2) is 34.0 Å². The summed E-state index contributed by atoms with van der Waals surface area (Å²) in [6.07, 6.45) is 1.44. The molecule has 0 aliphatic carbocycles. The van der Waals surface area contributed by atoms with Crippen molar-refractivity contribution in [3.8, 4) is 0 Å². The maximum atomic E-state index is 12.9. The number of carboxylic acid groups (broad SMARTS) is 1. The van der Waals surface area contributed by atoms with Crippen LogP contribution in [0.15, 0.2) is 18.2 Å². The second-order valence-corrected chi connectivity index (χ2v) is 6.09. The predicted molar refractivity (Wildman–Crippen MR) is 82.4 cm³/mol. The lowest BCUT2D eigenvalue weighted by Gasteiger charge is -2.35. The van der Waals surface area contributed by atoms with Crippen molar-refractivity contribution in [2.75, 3.05) is 6.54 Å². The summed E-state index contributed by atoms with van der Waals surface area (Å²) in [4.78, 5) is 25.7. The van der Waals surface area contributed by atoms with Crippen LogP contribution in [0.2, 0.25) is 10.0 Å². The molecule has 1 heterocycles. The highest BCUT2D eigenvalue weighted by molar-refractivity contribution is 6.42. The van der Waals surface area contributed by atoms with Gasteiger partial charge < -0.3 is 5.11 Å². The predicted octanol–water partition coefficient (Wildman–Crippen LogP) is 4.49. The summed E-state index contributed by atoms with van der Waals surface area (Å²) in [5.41, 5.74) is -0.566. The molecule has 21 heavy (non-hydrogen) atoms. The average Bonchev–Trinajstić information content (AvgIpc) is 2.86. The van der Waals surface area contributed by atoms with Gasteiger partial charge in [-0.05, 0) is 37.5 Å². The maximum Gasteiger partial charge on any atom is 0.408 e. The van der Waals surface area contributed by atoms with E-state index < -0.39 is 11.6 Å². The van der Waals surface area contributed by atoms with Crippen molar-refractivity contribution < 1.29 is 14.7 Å². The molecule has 114 valence electrons. The summed E-state index contributed by atoms with van der Waals surface area (Å²) in [6, 6.07) is 4.69. The molecule has 1 aromatic rings. The molecule has 0 radical (unpaired) electrons. The average molecular weight is 330 g/mol. The number of nitrogens with zero attached hydrogens (tertiary/aromatic N) is 1. The zero-order valence-corrected chi connectivity index (χ0v) is 13.2. The topological polar surface area (TPSA) is 57.6 Å². The van der Waals surface area contributed by atoms with E-state index in [0.717, 1.165) is 6.42 Å². The van der Waals surface area contributed by atoms with E-state index in [4.69, 9.17) is 23.2 Å². The van der Waals surface area contributed by atoms with Crippen molar-refractivity contribution in [3.05, 3.63) is 33.8 Å². The van der Waals surface area contributed by atoms with Gasteiger partial charge in [-0.2, -0.15) is 0 Å². The minimum Gasteiger partial charge on any atom is -0.465 e. The highest BCUT2D eigenvalue weighted by atomic mass is 35.5. The first-order chi connectivity index (χ1) is 9.92. The number of amides is 1. The van der Waals surface area contributed by atoms with Crippen LogP contribution >= 0.6 is 23.2 Å². The largest absolute Gasteiger partial charge is 0.465 e. The maximum absolute atomic E-state index is 12.9. The van der Waals surface area contributed by atoms with E-state index in [-0.39, 0.29) is 5.78 Å². The third kappa shape index (κ3) is 2.87. The van der Waals surface area contributed by atoms with Crippen molar-refractivity contribution in [1.29, 1.82) is 0 Å². The van der Waals surface area contributed by atoms with Crippen molar-refractivity contribution in [2.45, 2.75) is 38.1 Å². The smallest absolute Gasteiger partial charge is 0.408 e. The highest BCUT2D eigenvalue weighted by Crippen LogP contribution is 2.37. The summed E-state index contributed by atoms with van der Waals surface area (Å²) in [7, 11) is 0. The number of halogens is 2. The van der Waals surface area contributed by atoms with Gasteiger partial charge in [-0.3, -0.25) is 9.69 Å². The first-order valence-electron chi connectivity index (χ1n) is 6.93. The number of carbonyl (C=O) groups is 2. The first-order valence-corrected chi connectivity index (χ1v) is 7.68. The van der Waals surface area contributed by atoms with Crippen molar-refractivity contribution >= 4 is 35.1 Å². The number of likely N-dealkylation sites (tertiary alicyclic amines) is 1. The van der Waals surface area contributed by atoms with E-state index in [0.29, 0.717) is 41.4 Å². The Kier molecular flexibility index (Phi) is 4.79. The molecule has 1 aromatic carbocycles. The fourth-order valence-corrected chi connectivity index (χ4v) is 3.38. The fourth-order valence-electron chi connectivity index (χ4n) is 3.09. The van der Waals surface area contributed by atoms with Crippen LogP contribution < -0.4 is 0 Å². The van der Waals surface area contributed by atoms with Crippen LogP contribution in [0, 0.1) is 0 Å². The van der Waals surface area contributed by atoms with Crippen LogP contribution in [0.3, 0.4) is 0 Å². The van der Waals surface area contributed by atoms with E-state index in [1.54, 1.807) is 12.1 Å². The second-order valence-electron chi connectivity index (χ2n) is 5.28. The fraction of sp³-hybridized carbons (Fsp3) is 0.467. The van der Waals surface area contributed by atoms with Crippen LogP contribution in [0.5, 0.6) is 0 Å². The molecule has 4 nitrogen and oxygen atoms in total. The van der Waals surface area contributed by atoms with Gasteiger partial charge in [0.15, 0.2) is 5.78 Å². The molecule has 1 unspecified atom stereocenters. The van der Waals surface area contributed by atoms with Gasteiger partial charge in [0.05, 0.1) is 10.0 Å². The summed E-state index contributed by atoms with van der Waals surface area (Å²) < 4.78 is 0. The summed E-state index contributed by atoms with van der Waals surface area (Å²) >= 11 is 11.8. The molecule has 0 aromatic heterocycles. The summed E-state index contributed by atoms with van der Waals surface area (Å²) in [5, 5.41) is 10.1. The highest BCUT2D eigenvalue weighted by Gasteiger charge is 2.49. The Morgan fingerprint density at radius 2 is 2.05 bits per heavy atom. The normalized spacial score (nSPS) is 21.6. The number of rotatable bonds is 4. The Morgan fingerprint density at radius 3 is 2.62 bits per heavy atom. The Morgan fingerprint density at radius 1 is 1.33 bits per heavy atom. The standard InChI is InChI=1S/C15H17Cl2NO3/c1-2-6-15(7-3-8-18(15)14(20)21)13(19)10-4-5-11(16)12(17)9-10/h4-5,9H,2-3,6-8H2,1H3,(H,20,21). The molecule has 1 saturated heterocycles. The molecule has 2 rings (SSSR count). The molecule has 1 aliphatic heterocycles. The number of Topliss-reactive ketones (excluding diaryl/α,β-unsaturated/α-hetero) is 1. The van der Waals surface area contributed by atoms with Gasteiger partial charge in [-0.25, -0.2) is 4.79 Å². The molecule has 0 saturated carbocycles. The number of hydrogen-bond donors (Lipinski definition) is 1. The Balaban J connectivity index is 2.44. The zero-order valence-electron chi connectivity index (χ0n) is 11.7. The van der Waals surface area contributed by atoms with Crippen LogP contribution in [0.4, 0.5) is 4.79 Å². The van der Waals surface area contributed by atoms with Crippen LogP contribution in [0.25, 0.3) is 0 Å². The van der Waals surface area contributed by atoms with Gasteiger partial charge in [0.1, 0.15) is 5.54 Å². The van der Waals surface area contributed by atoms with E-state index >= 15 is 0 Å². The molecule has 1 aliphatic rings. The lowest BCUT2D eigenvalue weighted by Crippen LogP contribution is -2.52.